The SMILES string of the molecule is COc1ccc(CN2C(=O)N[C@@H](CC(=O)Nc3ccc4ccn(C)c4c3)C2=O)cc1. The van der Waals surface area contributed by atoms with Gasteiger partial charge in [0.05, 0.1) is 20.1 Å². The van der Waals surface area contributed by atoms with Crippen LogP contribution >= 0.6 is 0 Å². The number of amides is 4. The van der Waals surface area contributed by atoms with Gasteiger partial charge in [-0.1, -0.05) is 18.2 Å². The number of aromatic nitrogens is 1. The molecule has 0 aliphatic carbocycles. The van der Waals surface area contributed by atoms with Crippen LogP contribution in [0, 0.1) is 0 Å². The fourth-order valence-electron chi connectivity index (χ4n) is 3.52. The molecule has 2 heterocycles. The highest BCUT2D eigenvalue weighted by Gasteiger charge is 2.39. The summed E-state index contributed by atoms with van der Waals surface area (Å²) in [5.74, 6) is -0.0589. The number of hydrogen-bond donors (Lipinski definition) is 2. The topological polar surface area (TPSA) is 92.7 Å². The van der Waals surface area contributed by atoms with Gasteiger partial charge in [0, 0.05) is 24.4 Å². The highest BCUT2D eigenvalue weighted by molar-refractivity contribution is 6.07. The zero-order valence-corrected chi connectivity index (χ0v) is 16.7. The number of nitrogens with zero attached hydrogens (tertiary/aromatic N) is 2. The maximum Gasteiger partial charge on any atom is 0.325 e. The van der Waals surface area contributed by atoms with Crippen LogP contribution in [-0.2, 0) is 23.2 Å². The molecule has 1 aliphatic heterocycles. The molecule has 0 spiro atoms. The molecule has 3 aromatic rings. The number of urea groups is 1. The first-order valence-corrected chi connectivity index (χ1v) is 9.54. The Morgan fingerprint density at radius 2 is 1.90 bits per heavy atom. The van der Waals surface area contributed by atoms with Gasteiger partial charge in [-0.2, -0.15) is 0 Å². The lowest BCUT2D eigenvalue weighted by Crippen LogP contribution is -2.34. The number of carbonyl (C=O) groups is 3. The van der Waals surface area contributed by atoms with E-state index >= 15 is 0 Å². The van der Waals surface area contributed by atoms with Crippen molar-refractivity contribution in [1.29, 1.82) is 0 Å². The fraction of sp³-hybridized carbons (Fsp3) is 0.227. The molecule has 2 N–H and O–H groups in total. The second kappa shape index (κ2) is 7.90. The first-order valence-electron chi connectivity index (χ1n) is 9.54. The molecule has 1 aromatic heterocycles. The molecule has 154 valence electrons. The summed E-state index contributed by atoms with van der Waals surface area (Å²) in [5, 5.41) is 6.47. The second-order valence-electron chi connectivity index (χ2n) is 7.23. The highest BCUT2D eigenvalue weighted by Crippen LogP contribution is 2.21. The molecule has 2 aromatic carbocycles. The van der Waals surface area contributed by atoms with E-state index in [1.54, 1.807) is 31.4 Å². The van der Waals surface area contributed by atoms with E-state index in [1.165, 1.54) is 0 Å². The van der Waals surface area contributed by atoms with Gasteiger partial charge in [-0.25, -0.2) is 4.79 Å². The Morgan fingerprint density at radius 3 is 2.63 bits per heavy atom. The Labute approximate surface area is 173 Å². The van der Waals surface area contributed by atoms with Crippen LogP contribution in [0.25, 0.3) is 10.9 Å². The normalized spacial score (nSPS) is 16.1. The van der Waals surface area contributed by atoms with Gasteiger partial charge < -0.3 is 19.9 Å². The Balaban J connectivity index is 1.39. The van der Waals surface area contributed by atoms with E-state index in [0.717, 1.165) is 21.4 Å². The van der Waals surface area contributed by atoms with Crippen molar-refractivity contribution in [2.24, 2.45) is 7.05 Å². The molecule has 0 saturated carbocycles. The van der Waals surface area contributed by atoms with E-state index in [4.69, 9.17) is 4.74 Å². The van der Waals surface area contributed by atoms with Crippen LogP contribution in [-0.4, -0.2) is 40.5 Å². The quantitative estimate of drug-likeness (QED) is 0.616. The molecule has 4 rings (SSSR count). The molecule has 0 unspecified atom stereocenters. The van der Waals surface area contributed by atoms with Crippen LogP contribution in [0.5, 0.6) is 5.75 Å². The molecule has 0 bridgehead atoms. The summed E-state index contributed by atoms with van der Waals surface area (Å²) in [7, 11) is 3.50. The maximum atomic E-state index is 12.7. The van der Waals surface area contributed by atoms with Crippen molar-refractivity contribution >= 4 is 34.4 Å². The average molecular weight is 406 g/mol. The second-order valence-corrected chi connectivity index (χ2v) is 7.23. The highest BCUT2D eigenvalue weighted by atomic mass is 16.5. The van der Waals surface area contributed by atoms with E-state index in [-0.39, 0.29) is 18.9 Å². The zero-order chi connectivity index (χ0) is 21.3. The van der Waals surface area contributed by atoms with Crippen LogP contribution < -0.4 is 15.4 Å². The summed E-state index contributed by atoms with van der Waals surface area (Å²) in [6.07, 6.45) is 1.81. The lowest BCUT2D eigenvalue weighted by molar-refractivity contribution is -0.130. The van der Waals surface area contributed by atoms with Crippen molar-refractivity contribution in [2.45, 2.75) is 19.0 Å². The van der Waals surface area contributed by atoms with Gasteiger partial charge in [-0.3, -0.25) is 14.5 Å². The van der Waals surface area contributed by atoms with Crippen molar-refractivity contribution in [1.82, 2.24) is 14.8 Å². The predicted molar refractivity (Wildman–Crippen MR) is 112 cm³/mol. The van der Waals surface area contributed by atoms with Gasteiger partial charge in [-0.15, -0.1) is 0 Å². The number of hydrogen-bond acceptors (Lipinski definition) is 4. The summed E-state index contributed by atoms with van der Waals surface area (Å²) in [5.41, 5.74) is 2.42. The van der Waals surface area contributed by atoms with Gasteiger partial charge >= 0.3 is 6.03 Å². The summed E-state index contributed by atoms with van der Waals surface area (Å²) >= 11 is 0. The maximum absolute atomic E-state index is 12.7. The average Bonchev–Trinajstić information content (AvgIpc) is 3.23. The van der Waals surface area contributed by atoms with Crippen molar-refractivity contribution < 1.29 is 19.1 Å². The third-order valence-corrected chi connectivity index (χ3v) is 5.17. The van der Waals surface area contributed by atoms with Crippen LogP contribution in [0.2, 0.25) is 0 Å². The summed E-state index contributed by atoms with van der Waals surface area (Å²) < 4.78 is 7.07. The van der Waals surface area contributed by atoms with Crippen molar-refractivity contribution in [3.8, 4) is 5.75 Å². The lowest BCUT2D eigenvalue weighted by atomic mass is 10.1. The minimum atomic E-state index is -0.880. The first kappa shape index (κ1) is 19.5. The molecular formula is C22H22N4O4. The first-order chi connectivity index (χ1) is 14.4. The molecule has 4 amide bonds. The molecule has 1 saturated heterocycles. The summed E-state index contributed by atoms with van der Waals surface area (Å²) in [4.78, 5) is 38.5. The summed E-state index contributed by atoms with van der Waals surface area (Å²) in [6, 6.07) is 13.3. The van der Waals surface area contributed by atoms with Gasteiger partial charge in [0.25, 0.3) is 5.91 Å². The molecule has 8 heteroatoms. The number of fused-ring (bicyclic) bond motifs is 1. The number of methoxy groups -OCH3 is 1. The van der Waals surface area contributed by atoms with Crippen LogP contribution in [0.3, 0.4) is 0 Å². The summed E-state index contributed by atoms with van der Waals surface area (Å²) in [6.45, 7) is 0.136. The van der Waals surface area contributed by atoms with Crippen LogP contribution in [0.4, 0.5) is 10.5 Å². The third kappa shape index (κ3) is 3.84. The van der Waals surface area contributed by atoms with E-state index in [2.05, 4.69) is 10.6 Å². The van der Waals surface area contributed by atoms with Crippen LogP contribution in [0.1, 0.15) is 12.0 Å². The molecule has 30 heavy (non-hydrogen) atoms. The minimum Gasteiger partial charge on any atom is -0.497 e. The Kier molecular flexibility index (Phi) is 5.14. The van der Waals surface area contributed by atoms with Gasteiger partial charge in [0.15, 0.2) is 0 Å². The molecule has 1 aliphatic rings. The number of rotatable bonds is 6. The number of ether oxygens (including phenoxy) is 1. The molecular weight excluding hydrogens is 384 g/mol. The van der Waals surface area contributed by atoms with Gasteiger partial charge in [0.1, 0.15) is 11.8 Å². The number of imide groups is 1. The minimum absolute atomic E-state index is 0.130. The predicted octanol–water partition coefficient (Wildman–Crippen LogP) is 2.64. The van der Waals surface area contributed by atoms with Crippen molar-refractivity contribution in [3.63, 3.8) is 0 Å². The molecule has 1 atom stereocenters. The molecule has 0 radical (unpaired) electrons. The van der Waals surface area contributed by atoms with Gasteiger partial charge in [0.2, 0.25) is 5.91 Å². The monoisotopic (exact) mass is 406 g/mol. The van der Waals surface area contributed by atoms with E-state index < -0.39 is 18.0 Å². The molecule has 1 fully saturated rings. The number of nitrogens with one attached hydrogen (secondary N) is 2. The van der Waals surface area contributed by atoms with Crippen LogP contribution in [0.15, 0.2) is 54.7 Å². The van der Waals surface area contributed by atoms with Crippen molar-refractivity contribution in [3.05, 3.63) is 60.3 Å². The van der Waals surface area contributed by atoms with E-state index in [0.29, 0.717) is 11.4 Å². The Morgan fingerprint density at radius 1 is 1.13 bits per heavy atom. The number of aryl methyl sites for hydroxylation is 1. The Bertz CT molecular complexity index is 1120. The zero-order valence-electron chi connectivity index (χ0n) is 16.7. The largest absolute Gasteiger partial charge is 0.497 e. The number of benzene rings is 2. The fourth-order valence-corrected chi connectivity index (χ4v) is 3.52. The number of anilines is 1. The standard InChI is InChI=1S/C22H22N4O4/c1-25-10-9-15-5-6-16(11-19(15)25)23-20(27)12-18-21(28)26(22(29)24-18)13-14-3-7-17(30-2)8-4-14/h3-11,18H,12-13H2,1-2H3,(H,23,27)(H,24,29)/t18-/m0/s1. The molecule has 8 nitrogen and oxygen atoms in total. The third-order valence-electron chi connectivity index (χ3n) is 5.17. The lowest BCUT2D eigenvalue weighted by Gasteiger charge is -2.13. The van der Waals surface area contributed by atoms with Gasteiger partial charge in [-0.05, 0) is 41.3 Å². The van der Waals surface area contributed by atoms with E-state index in [9.17, 15) is 14.4 Å². The van der Waals surface area contributed by atoms with Crippen molar-refractivity contribution in [2.75, 3.05) is 12.4 Å². The number of carbonyl (C=O) groups excluding carboxylic acids is 3. The van der Waals surface area contributed by atoms with E-state index in [1.807, 2.05) is 42.1 Å². The Hall–Kier alpha value is -3.81. The smallest absolute Gasteiger partial charge is 0.325 e.